The maximum atomic E-state index is 5.99. The Morgan fingerprint density at radius 3 is 2.41 bits per heavy atom. The molecule has 0 saturated carbocycles. The summed E-state index contributed by atoms with van der Waals surface area (Å²) in [6, 6.07) is 31.1. The molecule has 0 fully saturated rings. The van der Waals surface area contributed by atoms with Gasteiger partial charge in [0, 0.05) is 26.5 Å². The van der Waals surface area contributed by atoms with Gasteiger partial charge in [0.2, 0.25) is 5.89 Å². The molecule has 29 heavy (non-hydrogen) atoms. The van der Waals surface area contributed by atoms with Gasteiger partial charge in [-0.3, -0.25) is 0 Å². The predicted molar refractivity (Wildman–Crippen MR) is 121 cm³/mol. The number of nitrogens with zero attached hydrogens (tertiary/aromatic N) is 2. The molecule has 2 aromatic heterocycles. The number of hydrogen-bond donors (Lipinski definition) is 0. The first kappa shape index (κ1) is 16.6. The van der Waals surface area contributed by atoms with Gasteiger partial charge in [-0.15, -0.1) is 0 Å². The third-order valence-corrected chi connectivity index (χ3v) is 5.78. The van der Waals surface area contributed by atoms with Crippen LogP contribution in [0.15, 0.2) is 99.9 Å². The van der Waals surface area contributed by atoms with Gasteiger partial charge in [0.15, 0.2) is 5.58 Å². The van der Waals surface area contributed by atoms with Gasteiger partial charge >= 0.3 is 0 Å². The van der Waals surface area contributed by atoms with Crippen LogP contribution in [0.3, 0.4) is 0 Å². The van der Waals surface area contributed by atoms with E-state index >= 15 is 0 Å². The molecule has 0 amide bonds. The lowest BCUT2D eigenvalue weighted by Gasteiger charge is -2.07. The molecule has 4 heteroatoms. The Labute approximate surface area is 175 Å². The minimum Gasteiger partial charge on any atom is -0.436 e. The first-order valence-electron chi connectivity index (χ1n) is 9.43. The Morgan fingerprint density at radius 2 is 1.52 bits per heavy atom. The summed E-state index contributed by atoms with van der Waals surface area (Å²) in [5.41, 5.74) is 6.03. The highest BCUT2D eigenvalue weighted by Gasteiger charge is 2.14. The molecule has 0 saturated heterocycles. The quantitative estimate of drug-likeness (QED) is 0.282. The van der Waals surface area contributed by atoms with Crippen LogP contribution in [-0.2, 0) is 0 Å². The van der Waals surface area contributed by atoms with Crippen molar-refractivity contribution < 1.29 is 4.42 Å². The number of benzene rings is 4. The fourth-order valence-electron chi connectivity index (χ4n) is 3.98. The summed E-state index contributed by atoms with van der Waals surface area (Å²) < 4.78 is 9.35. The molecule has 3 nitrogen and oxygen atoms in total. The van der Waals surface area contributed by atoms with Crippen LogP contribution in [0.2, 0.25) is 0 Å². The van der Waals surface area contributed by atoms with Gasteiger partial charge in [-0.2, -0.15) is 0 Å². The summed E-state index contributed by atoms with van der Waals surface area (Å²) in [7, 11) is 0. The number of rotatable bonds is 2. The van der Waals surface area contributed by atoms with Crippen molar-refractivity contribution in [2.75, 3.05) is 0 Å². The van der Waals surface area contributed by atoms with Gasteiger partial charge in [0.25, 0.3) is 0 Å². The Hall–Kier alpha value is -3.37. The van der Waals surface area contributed by atoms with E-state index in [1.807, 2.05) is 36.4 Å². The van der Waals surface area contributed by atoms with E-state index < -0.39 is 0 Å². The first-order chi connectivity index (χ1) is 14.3. The Bertz CT molecular complexity index is 1510. The standard InChI is InChI=1S/C25H15BrN2O/c26-17-10-12-23-20(14-17)19-8-4-5-9-22(19)28(23)18-11-13-24-21(15-18)27-25(29-24)16-6-2-1-3-7-16/h1-15H. The molecule has 0 radical (unpaired) electrons. The zero-order valence-electron chi connectivity index (χ0n) is 15.3. The number of fused-ring (bicyclic) bond motifs is 4. The molecule has 0 aliphatic rings. The normalized spacial score (nSPS) is 11.6. The molecule has 2 heterocycles. The van der Waals surface area contributed by atoms with Crippen molar-refractivity contribution in [3.63, 3.8) is 0 Å². The maximum Gasteiger partial charge on any atom is 0.227 e. The molecule has 0 aliphatic heterocycles. The minimum absolute atomic E-state index is 0.643. The molecule has 0 unspecified atom stereocenters. The molecule has 0 spiro atoms. The highest BCUT2D eigenvalue weighted by Crippen LogP contribution is 2.34. The van der Waals surface area contributed by atoms with E-state index in [9.17, 15) is 0 Å². The second-order valence-electron chi connectivity index (χ2n) is 7.05. The summed E-state index contributed by atoms with van der Waals surface area (Å²) in [6.07, 6.45) is 0. The Morgan fingerprint density at radius 1 is 0.724 bits per heavy atom. The van der Waals surface area contributed by atoms with E-state index in [1.165, 1.54) is 21.8 Å². The van der Waals surface area contributed by atoms with E-state index in [4.69, 9.17) is 9.40 Å². The highest BCUT2D eigenvalue weighted by molar-refractivity contribution is 9.10. The topological polar surface area (TPSA) is 31.0 Å². The third kappa shape index (κ3) is 2.60. The molecule has 138 valence electrons. The van der Waals surface area contributed by atoms with E-state index in [0.29, 0.717) is 5.89 Å². The van der Waals surface area contributed by atoms with Crippen LogP contribution in [0.5, 0.6) is 0 Å². The zero-order valence-corrected chi connectivity index (χ0v) is 16.9. The lowest BCUT2D eigenvalue weighted by molar-refractivity contribution is 0.620. The van der Waals surface area contributed by atoms with Crippen LogP contribution < -0.4 is 0 Å². The van der Waals surface area contributed by atoms with Gasteiger partial charge in [0.1, 0.15) is 5.52 Å². The van der Waals surface area contributed by atoms with Crippen molar-refractivity contribution in [3.05, 3.63) is 95.5 Å². The second kappa shape index (κ2) is 6.33. The fraction of sp³-hybridized carbons (Fsp3) is 0. The first-order valence-corrected chi connectivity index (χ1v) is 10.2. The second-order valence-corrected chi connectivity index (χ2v) is 7.97. The monoisotopic (exact) mass is 438 g/mol. The average molecular weight is 439 g/mol. The van der Waals surface area contributed by atoms with Gasteiger partial charge in [-0.05, 0) is 54.6 Å². The van der Waals surface area contributed by atoms with Crippen molar-refractivity contribution in [1.29, 1.82) is 0 Å². The van der Waals surface area contributed by atoms with Crippen LogP contribution in [0.1, 0.15) is 0 Å². The lowest BCUT2D eigenvalue weighted by Crippen LogP contribution is -1.93. The molecular formula is C25H15BrN2O. The van der Waals surface area contributed by atoms with E-state index in [2.05, 4.69) is 75.1 Å². The molecular weight excluding hydrogens is 424 g/mol. The number of para-hydroxylation sites is 1. The summed E-state index contributed by atoms with van der Waals surface area (Å²) >= 11 is 3.61. The number of halogens is 1. The van der Waals surface area contributed by atoms with Crippen molar-refractivity contribution >= 4 is 48.8 Å². The third-order valence-electron chi connectivity index (χ3n) is 5.28. The molecule has 6 rings (SSSR count). The predicted octanol–water partition coefficient (Wildman–Crippen LogP) is 7.35. The molecule has 6 aromatic rings. The van der Waals surface area contributed by atoms with Gasteiger partial charge < -0.3 is 8.98 Å². The van der Waals surface area contributed by atoms with Crippen molar-refractivity contribution in [2.24, 2.45) is 0 Å². The van der Waals surface area contributed by atoms with Crippen LogP contribution in [0.4, 0.5) is 0 Å². The number of hydrogen-bond acceptors (Lipinski definition) is 2. The van der Waals surface area contributed by atoms with Crippen LogP contribution in [-0.4, -0.2) is 9.55 Å². The van der Waals surface area contributed by atoms with Crippen LogP contribution >= 0.6 is 15.9 Å². The van der Waals surface area contributed by atoms with Gasteiger partial charge in [0.05, 0.1) is 11.0 Å². The Kier molecular flexibility index (Phi) is 3.61. The summed E-state index contributed by atoms with van der Waals surface area (Å²) in [6.45, 7) is 0. The highest BCUT2D eigenvalue weighted by atomic mass is 79.9. The van der Waals surface area contributed by atoms with E-state index in [1.54, 1.807) is 0 Å². The molecule has 0 aliphatic carbocycles. The zero-order chi connectivity index (χ0) is 19.4. The van der Waals surface area contributed by atoms with Crippen LogP contribution in [0.25, 0.3) is 50.0 Å². The lowest BCUT2D eigenvalue weighted by atomic mass is 10.2. The summed E-state index contributed by atoms with van der Waals surface area (Å²) in [4.78, 5) is 4.74. The SMILES string of the molecule is Brc1ccc2c(c1)c1ccccc1n2-c1ccc2oc(-c3ccccc3)nc2c1. The van der Waals surface area contributed by atoms with Gasteiger partial charge in [-0.1, -0.05) is 52.3 Å². The maximum absolute atomic E-state index is 5.99. The van der Waals surface area contributed by atoms with Gasteiger partial charge in [-0.25, -0.2) is 4.98 Å². The summed E-state index contributed by atoms with van der Waals surface area (Å²) in [5, 5.41) is 2.45. The van der Waals surface area contributed by atoms with Crippen molar-refractivity contribution in [2.45, 2.75) is 0 Å². The fourth-order valence-corrected chi connectivity index (χ4v) is 4.34. The average Bonchev–Trinajstić information content (AvgIpc) is 3.33. The number of aromatic nitrogens is 2. The molecule has 0 N–H and O–H groups in total. The van der Waals surface area contributed by atoms with E-state index in [0.717, 1.165) is 26.8 Å². The Balaban J connectivity index is 1.61. The molecule has 0 atom stereocenters. The number of oxazole rings is 1. The smallest absolute Gasteiger partial charge is 0.227 e. The van der Waals surface area contributed by atoms with Crippen molar-refractivity contribution in [1.82, 2.24) is 9.55 Å². The van der Waals surface area contributed by atoms with Crippen molar-refractivity contribution in [3.8, 4) is 17.1 Å². The van der Waals surface area contributed by atoms with Crippen LogP contribution in [0, 0.1) is 0 Å². The van der Waals surface area contributed by atoms with E-state index in [-0.39, 0.29) is 0 Å². The molecule has 0 bridgehead atoms. The molecule has 4 aromatic carbocycles. The minimum atomic E-state index is 0.643. The largest absolute Gasteiger partial charge is 0.436 e. The summed E-state index contributed by atoms with van der Waals surface area (Å²) in [5.74, 6) is 0.643.